The average molecular weight is 274 g/mol. The van der Waals surface area contributed by atoms with Gasteiger partial charge in [0.25, 0.3) is 0 Å². The molecule has 1 nitrogen and oxygen atoms in total. The molecule has 0 saturated heterocycles. The fourth-order valence-electron chi connectivity index (χ4n) is 2.08. The summed E-state index contributed by atoms with van der Waals surface area (Å²) in [5.41, 5.74) is 1.09. The van der Waals surface area contributed by atoms with Gasteiger partial charge in [-0.05, 0) is 50.4 Å². The quantitative estimate of drug-likeness (QED) is 0.759. The molecule has 0 spiro atoms. The minimum atomic E-state index is 0.612. The number of rotatable bonds is 7. The molecule has 1 N–H and O–H groups in total. The van der Waals surface area contributed by atoms with Crippen LogP contribution in [0.4, 0.5) is 0 Å². The molecule has 0 aliphatic carbocycles. The average Bonchev–Trinajstić information content (AvgIpc) is 2.31. The molecule has 0 fully saturated rings. The third kappa shape index (κ3) is 4.87. The Morgan fingerprint density at radius 1 is 1.18 bits per heavy atom. The van der Waals surface area contributed by atoms with Gasteiger partial charge in [0, 0.05) is 16.1 Å². The molecule has 0 radical (unpaired) electrons. The summed E-state index contributed by atoms with van der Waals surface area (Å²) in [6.45, 7) is 2.22. The van der Waals surface area contributed by atoms with Gasteiger partial charge in [0.1, 0.15) is 0 Å². The van der Waals surface area contributed by atoms with Crippen LogP contribution in [0.5, 0.6) is 0 Å². The molecule has 0 aliphatic heterocycles. The summed E-state index contributed by atoms with van der Waals surface area (Å²) in [6, 6.07) is 6.32. The van der Waals surface area contributed by atoms with E-state index < -0.39 is 0 Å². The highest BCUT2D eigenvalue weighted by Gasteiger charge is 2.08. The predicted molar refractivity (Wildman–Crippen MR) is 77.2 cm³/mol. The summed E-state index contributed by atoms with van der Waals surface area (Å²) >= 11 is 12.3. The highest BCUT2D eigenvalue weighted by Crippen LogP contribution is 2.26. The molecule has 0 heterocycles. The highest BCUT2D eigenvalue weighted by molar-refractivity contribution is 6.35. The van der Waals surface area contributed by atoms with Crippen LogP contribution >= 0.6 is 23.2 Å². The lowest BCUT2D eigenvalue weighted by Gasteiger charge is -2.15. The molecule has 0 bridgehead atoms. The van der Waals surface area contributed by atoms with Gasteiger partial charge in [0.15, 0.2) is 0 Å². The molecule has 1 aromatic carbocycles. The monoisotopic (exact) mass is 273 g/mol. The van der Waals surface area contributed by atoms with Gasteiger partial charge in [-0.2, -0.15) is 0 Å². The fraction of sp³-hybridized carbons (Fsp3) is 0.571. The van der Waals surface area contributed by atoms with Crippen LogP contribution in [0.3, 0.4) is 0 Å². The molecule has 0 aliphatic rings. The van der Waals surface area contributed by atoms with Crippen LogP contribution in [0.15, 0.2) is 18.2 Å². The third-order valence-electron chi connectivity index (χ3n) is 3.09. The molecular formula is C14H21Cl2N. The Morgan fingerprint density at radius 2 is 1.82 bits per heavy atom. The summed E-state index contributed by atoms with van der Waals surface area (Å²) in [5, 5.41) is 4.92. The summed E-state index contributed by atoms with van der Waals surface area (Å²) < 4.78 is 0. The molecule has 1 aromatic rings. The van der Waals surface area contributed by atoms with Crippen molar-refractivity contribution in [2.24, 2.45) is 0 Å². The van der Waals surface area contributed by atoms with Gasteiger partial charge in [0.2, 0.25) is 0 Å². The van der Waals surface area contributed by atoms with E-state index in [1.165, 1.54) is 19.3 Å². The molecule has 0 aromatic heterocycles. The third-order valence-corrected chi connectivity index (χ3v) is 3.79. The summed E-state index contributed by atoms with van der Waals surface area (Å²) in [6.07, 6.45) is 5.70. The van der Waals surface area contributed by atoms with Gasteiger partial charge in [-0.3, -0.25) is 0 Å². The van der Waals surface area contributed by atoms with Gasteiger partial charge >= 0.3 is 0 Å². The van der Waals surface area contributed by atoms with Crippen molar-refractivity contribution in [3.8, 4) is 0 Å². The van der Waals surface area contributed by atoms with Gasteiger partial charge in [-0.15, -0.1) is 0 Å². The Kier molecular flexibility index (Phi) is 6.94. The summed E-state index contributed by atoms with van der Waals surface area (Å²) in [4.78, 5) is 0. The SMILES string of the molecule is CCCC(CCCc1c(Cl)cccc1Cl)NC. The van der Waals surface area contributed by atoms with Crippen molar-refractivity contribution in [2.75, 3.05) is 7.05 Å². The molecule has 3 heteroatoms. The van der Waals surface area contributed by atoms with Gasteiger partial charge in [-0.25, -0.2) is 0 Å². The Morgan fingerprint density at radius 3 is 2.35 bits per heavy atom. The van der Waals surface area contributed by atoms with E-state index in [4.69, 9.17) is 23.2 Å². The Hall–Kier alpha value is -0.240. The van der Waals surface area contributed by atoms with Gasteiger partial charge < -0.3 is 5.32 Å². The highest BCUT2D eigenvalue weighted by atomic mass is 35.5. The fourth-order valence-corrected chi connectivity index (χ4v) is 2.66. The molecular weight excluding hydrogens is 253 g/mol. The van der Waals surface area contributed by atoms with Crippen molar-refractivity contribution in [3.05, 3.63) is 33.8 Å². The molecule has 1 unspecified atom stereocenters. The lowest BCUT2D eigenvalue weighted by Crippen LogP contribution is -2.24. The standard InChI is InChI=1S/C14H21Cl2N/c1-3-6-11(17-2)7-4-8-12-13(15)9-5-10-14(12)16/h5,9-11,17H,3-4,6-8H2,1-2H3. The van der Waals surface area contributed by atoms with E-state index in [9.17, 15) is 0 Å². The largest absolute Gasteiger partial charge is 0.317 e. The number of hydrogen-bond donors (Lipinski definition) is 1. The van der Waals surface area contributed by atoms with E-state index in [0.717, 1.165) is 28.5 Å². The summed E-state index contributed by atoms with van der Waals surface area (Å²) in [7, 11) is 2.03. The van der Waals surface area contributed by atoms with Crippen molar-refractivity contribution in [3.63, 3.8) is 0 Å². The number of halogens is 2. The molecule has 0 saturated carbocycles. The maximum absolute atomic E-state index is 6.14. The van der Waals surface area contributed by atoms with Crippen molar-refractivity contribution in [2.45, 2.75) is 45.1 Å². The van der Waals surface area contributed by atoms with Crippen LogP contribution < -0.4 is 5.32 Å². The molecule has 17 heavy (non-hydrogen) atoms. The number of nitrogens with one attached hydrogen (secondary N) is 1. The lowest BCUT2D eigenvalue weighted by atomic mass is 10.0. The van der Waals surface area contributed by atoms with Crippen LogP contribution in [0.25, 0.3) is 0 Å². The second-order valence-corrected chi connectivity index (χ2v) is 5.18. The molecule has 0 amide bonds. The summed E-state index contributed by atoms with van der Waals surface area (Å²) in [5.74, 6) is 0. The van der Waals surface area contributed by atoms with E-state index >= 15 is 0 Å². The normalized spacial score (nSPS) is 12.7. The van der Waals surface area contributed by atoms with E-state index in [-0.39, 0.29) is 0 Å². The zero-order chi connectivity index (χ0) is 12.7. The second kappa shape index (κ2) is 7.97. The van der Waals surface area contributed by atoms with E-state index in [2.05, 4.69) is 12.2 Å². The van der Waals surface area contributed by atoms with E-state index in [1.54, 1.807) is 0 Å². The maximum Gasteiger partial charge on any atom is 0.0452 e. The Bertz CT molecular complexity index is 319. The van der Waals surface area contributed by atoms with Crippen LogP contribution in [0.2, 0.25) is 10.0 Å². The second-order valence-electron chi connectivity index (χ2n) is 4.37. The van der Waals surface area contributed by atoms with Crippen LogP contribution in [0, 0.1) is 0 Å². The van der Waals surface area contributed by atoms with Gasteiger partial charge in [-0.1, -0.05) is 42.6 Å². The lowest BCUT2D eigenvalue weighted by molar-refractivity contribution is 0.470. The smallest absolute Gasteiger partial charge is 0.0452 e. The van der Waals surface area contributed by atoms with Crippen molar-refractivity contribution in [1.29, 1.82) is 0 Å². The Labute approximate surface area is 115 Å². The van der Waals surface area contributed by atoms with Crippen molar-refractivity contribution in [1.82, 2.24) is 5.32 Å². The molecule has 1 atom stereocenters. The minimum Gasteiger partial charge on any atom is -0.317 e. The zero-order valence-electron chi connectivity index (χ0n) is 10.6. The maximum atomic E-state index is 6.14. The minimum absolute atomic E-state index is 0.612. The first kappa shape index (κ1) is 14.8. The predicted octanol–water partition coefficient (Wildman–Crippen LogP) is 4.70. The van der Waals surface area contributed by atoms with Crippen molar-refractivity contribution >= 4 is 23.2 Å². The molecule has 1 rings (SSSR count). The van der Waals surface area contributed by atoms with Crippen molar-refractivity contribution < 1.29 is 0 Å². The topological polar surface area (TPSA) is 12.0 Å². The number of benzene rings is 1. The van der Waals surface area contributed by atoms with Crippen LogP contribution in [0.1, 0.15) is 38.2 Å². The van der Waals surface area contributed by atoms with Gasteiger partial charge in [0.05, 0.1) is 0 Å². The molecule has 96 valence electrons. The first-order chi connectivity index (χ1) is 8.19. The first-order valence-electron chi connectivity index (χ1n) is 6.29. The number of hydrogen-bond acceptors (Lipinski definition) is 1. The van der Waals surface area contributed by atoms with Crippen LogP contribution in [-0.4, -0.2) is 13.1 Å². The first-order valence-corrected chi connectivity index (χ1v) is 7.04. The zero-order valence-corrected chi connectivity index (χ0v) is 12.1. The van der Waals surface area contributed by atoms with Crippen LogP contribution in [-0.2, 0) is 6.42 Å². The Balaban J connectivity index is 2.45. The van der Waals surface area contributed by atoms with E-state index in [0.29, 0.717) is 6.04 Å². The van der Waals surface area contributed by atoms with E-state index in [1.807, 2.05) is 25.2 Å².